The van der Waals surface area contributed by atoms with Gasteiger partial charge in [-0.05, 0) is 54.3 Å². The summed E-state index contributed by atoms with van der Waals surface area (Å²) in [6.45, 7) is 7.21. The Bertz CT molecular complexity index is 1190. The van der Waals surface area contributed by atoms with E-state index in [2.05, 4.69) is 30.1 Å². The number of halogens is 1. The van der Waals surface area contributed by atoms with Crippen LogP contribution in [0.15, 0.2) is 51.7 Å². The summed E-state index contributed by atoms with van der Waals surface area (Å²) >= 11 is 6.32. The summed E-state index contributed by atoms with van der Waals surface area (Å²) in [6, 6.07) is 13.2. The van der Waals surface area contributed by atoms with Gasteiger partial charge >= 0.3 is 5.63 Å². The van der Waals surface area contributed by atoms with Gasteiger partial charge in [-0.1, -0.05) is 31.5 Å². The van der Waals surface area contributed by atoms with Gasteiger partial charge in [-0.3, -0.25) is 0 Å². The molecule has 3 heterocycles. The summed E-state index contributed by atoms with van der Waals surface area (Å²) in [6.07, 6.45) is 0.958. The van der Waals surface area contributed by atoms with E-state index in [1.807, 2.05) is 18.2 Å². The zero-order chi connectivity index (χ0) is 21.6. The highest BCUT2D eigenvalue weighted by molar-refractivity contribution is 6.31. The molecule has 7 heteroatoms. The lowest BCUT2D eigenvalue weighted by atomic mass is 9.78. The summed E-state index contributed by atoms with van der Waals surface area (Å²) < 4.78 is 16.5. The number of nitrogens with zero attached hydrogens (tertiary/aromatic N) is 1. The second kappa shape index (κ2) is 7.77. The van der Waals surface area contributed by atoms with Gasteiger partial charge in [-0.15, -0.1) is 0 Å². The molecule has 1 fully saturated rings. The number of piperidine rings is 1. The summed E-state index contributed by atoms with van der Waals surface area (Å²) in [5, 5.41) is 4.94. The monoisotopic (exact) mass is 440 g/mol. The number of fused-ring (bicyclic) bond motifs is 2. The molecule has 2 aromatic carbocycles. The first-order valence-electron chi connectivity index (χ1n) is 10.5. The van der Waals surface area contributed by atoms with E-state index in [9.17, 15) is 4.79 Å². The molecule has 6 nitrogen and oxygen atoms in total. The molecule has 1 saturated heterocycles. The third-order valence-electron chi connectivity index (χ3n) is 6.24. The van der Waals surface area contributed by atoms with Crippen molar-refractivity contribution in [2.45, 2.75) is 32.9 Å². The molecule has 0 saturated carbocycles. The smallest absolute Gasteiger partial charge is 0.338 e. The van der Waals surface area contributed by atoms with Crippen molar-refractivity contribution in [3.63, 3.8) is 0 Å². The van der Waals surface area contributed by atoms with Gasteiger partial charge in [-0.25, -0.2) is 4.79 Å². The van der Waals surface area contributed by atoms with Crippen molar-refractivity contribution >= 4 is 28.3 Å². The lowest BCUT2D eigenvalue weighted by Gasteiger charge is -2.47. The van der Waals surface area contributed by atoms with Gasteiger partial charge < -0.3 is 24.1 Å². The van der Waals surface area contributed by atoms with Crippen LogP contribution in [0.25, 0.3) is 11.0 Å². The number of ether oxygens (including phenoxy) is 2. The first-order chi connectivity index (χ1) is 14.9. The molecule has 1 aromatic heterocycles. The van der Waals surface area contributed by atoms with Crippen LogP contribution < -0.4 is 25.3 Å². The van der Waals surface area contributed by atoms with Crippen LogP contribution in [0.1, 0.15) is 25.8 Å². The summed E-state index contributed by atoms with van der Waals surface area (Å²) in [5.74, 6) is 1.51. The Morgan fingerprint density at radius 1 is 1.13 bits per heavy atom. The van der Waals surface area contributed by atoms with Crippen LogP contribution in [-0.2, 0) is 6.54 Å². The molecule has 162 valence electrons. The third kappa shape index (κ3) is 3.86. The van der Waals surface area contributed by atoms with E-state index in [0.717, 1.165) is 47.6 Å². The molecule has 0 spiro atoms. The highest BCUT2D eigenvalue weighted by Gasteiger charge is 2.37. The van der Waals surface area contributed by atoms with Crippen LogP contribution >= 0.6 is 11.6 Å². The fourth-order valence-electron chi connectivity index (χ4n) is 4.69. The van der Waals surface area contributed by atoms with E-state index in [1.54, 1.807) is 18.2 Å². The van der Waals surface area contributed by atoms with Crippen molar-refractivity contribution in [1.82, 2.24) is 5.32 Å². The molecule has 0 bridgehead atoms. The minimum Gasteiger partial charge on any atom is -0.454 e. The van der Waals surface area contributed by atoms with E-state index in [4.69, 9.17) is 25.5 Å². The number of benzene rings is 2. The Morgan fingerprint density at radius 3 is 2.81 bits per heavy atom. The van der Waals surface area contributed by atoms with Crippen LogP contribution in [0.4, 0.5) is 5.69 Å². The minimum atomic E-state index is -0.368. The van der Waals surface area contributed by atoms with Crippen molar-refractivity contribution in [2.24, 2.45) is 5.41 Å². The lowest BCUT2D eigenvalue weighted by molar-refractivity contribution is 0.174. The molecule has 5 rings (SSSR count). The van der Waals surface area contributed by atoms with Gasteiger partial charge in [0.2, 0.25) is 6.79 Å². The molecular formula is C24H25ClN2O4. The van der Waals surface area contributed by atoms with E-state index in [0.29, 0.717) is 17.2 Å². The topological polar surface area (TPSA) is 63.9 Å². The molecule has 1 N–H and O–H groups in total. The number of anilines is 1. The SMILES string of the molecule is CC1(C)CNCCC1N(Cc1ccc2c(c1)OCO2)c1cc(=O)oc2ccc(Cl)cc12. The number of hydrogen-bond acceptors (Lipinski definition) is 6. The summed E-state index contributed by atoms with van der Waals surface area (Å²) in [7, 11) is 0. The Hall–Kier alpha value is -2.70. The predicted molar refractivity (Wildman–Crippen MR) is 121 cm³/mol. The molecule has 1 atom stereocenters. The van der Waals surface area contributed by atoms with E-state index < -0.39 is 0 Å². The molecule has 0 radical (unpaired) electrons. The Kier molecular flexibility index (Phi) is 5.07. The van der Waals surface area contributed by atoms with Gasteiger partial charge in [0.1, 0.15) is 5.58 Å². The van der Waals surface area contributed by atoms with Crippen LogP contribution in [-0.4, -0.2) is 25.9 Å². The van der Waals surface area contributed by atoms with Crippen molar-refractivity contribution in [1.29, 1.82) is 0 Å². The van der Waals surface area contributed by atoms with Gasteiger partial charge in [0, 0.05) is 35.6 Å². The molecule has 3 aromatic rings. The quantitative estimate of drug-likeness (QED) is 0.599. The Morgan fingerprint density at radius 2 is 1.97 bits per heavy atom. The van der Waals surface area contributed by atoms with Crippen LogP contribution in [0, 0.1) is 5.41 Å². The first-order valence-corrected chi connectivity index (χ1v) is 10.9. The van der Waals surface area contributed by atoms with Gasteiger partial charge in [0.15, 0.2) is 11.5 Å². The normalized spacial score (nSPS) is 19.5. The molecule has 2 aliphatic rings. The fraction of sp³-hybridized carbons (Fsp3) is 0.375. The maximum Gasteiger partial charge on any atom is 0.338 e. The minimum absolute atomic E-state index is 0.00445. The maximum absolute atomic E-state index is 12.5. The zero-order valence-electron chi connectivity index (χ0n) is 17.6. The predicted octanol–water partition coefficient (Wildman–Crippen LogP) is 4.57. The van der Waals surface area contributed by atoms with E-state index in [-0.39, 0.29) is 23.9 Å². The Balaban J connectivity index is 1.65. The van der Waals surface area contributed by atoms with Crippen molar-refractivity contribution < 1.29 is 13.9 Å². The van der Waals surface area contributed by atoms with Crippen molar-refractivity contribution in [3.8, 4) is 11.5 Å². The molecule has 2 aliphatic heterocycles. The standard InChI is InChI=1S/C24H25ClN2O4/c1-24(2)13-26-8-7-22(24)27(12-15-3-5-20-21(9-15)30-14-29-20)18-11-23(28)31-19-6-4-16(25)10-17(18)19/h3-6,9-11,22,26H,7-8,12-14H2,1-2H3. The Labute approximate surface area is 185 Å². The zero-order valence-corrected chi connectivity index (χ0v) is 18.4. The molecule has 0 amide bonds. The number of nitrogens with one attached hydrogen (secondary N) is 1. The largest absolute Gasteiger partial charge is 0.454 e. The van der Waals surface area contributed by atoms with Crippen LogP contribution in [0.3, 0.4) is 0 Å². The van der Waals surface area contributed by atoms with Gasteiger partial charge in [0.25, 0.3) is 0 Å². The average molecular weight is 441 g/mol. The highest BCUT2D eigenvalue weighted by Crippen LogP contribution is 2.39. The van der Waals surface area contributed by atoms with Crippen molar-refractivity contribution in [3.05, 3.63) is 63.5 Å². The average Bonchev–Trinajstić information content (AvgIpc) is 3.20. The van der Waals surface area contributed by atoms with Gasteiger partial charge in [0.05, 0.1) is 5.69 Å². The second-order valence-electron chi connectivity index (χ2n) is 8.88. The van der Waals surface area contributed by atoms with E-state index in [1.165, 1.54) is 0 Å². The van der Waals surface area contributed by atoms with Gasteiger partial charge in [-0.2, -0.15) is 0 Å². The van der Waals surface area contributed by atoms with Crippen LogP contribution in [0.2, 0.25) is 5.02 Å². The maximum atomic E-state index is 12.5. The lowest BCUT2D eigenvalue weighted by Crippen LogP contribution is -2.54. The van der Waals surface area contributed by atoms with E-state index >= 15 is 0 Å². The second-order valence-corrected chi connectivity index (χ2v) is 9.31. The fourth-order valence-corrected chi connectivity index (χ4v) is 4.86. The highest BCUT2D eigenvalue weighted by atomic mass is 35.5. The summed E-state index contributed by atoms with van der Waals surface area (Å²) in [4.78, 5) is 14.8. The number of rotatable bonds is 4. The van der Waals surface area contributed by atoms with Crippen molar-refractivity contribution in [2.75, 3.05) is 24.8 Å². The van der Waals surface area contributed by atoms with Crippen LogP contribution in [0.5, 0.6) is 11.5 Å². The first kappa shape index (κ1) is 20.2. The third-order valence-corrected chi connectivity index (χ3v) is 6.47. The number of hydrogen-bond donors (Lipinski definition) is 1. The molecule has 1 unspecified atom stereocenters. The molecule has 31 heavy (non-hydrogen) atoms. The summed E-state index contributed by atoms with van der Waals surface area (Å²) in [5.41, 5.74) is 2.09. The molecule has 0 aliphatic carbocycles. The molecular weight excluding hydrogens is 416 g/mol.